The summed E-state index contributed by atoms with van der Waals surface area (Å²) in [7, 11) is 0. The summed E-state index contributed by atoms with van der Waals surface area (Å²) in [4.78, 5) is 28.4. The van der Waals surface area contributed by atoms with Crippen molar-refractivity contribution in [2.45, 2.75) is 25.8 Å². The number of hydrogen-bond donors (Lipinski definition) is 1. The van der Waals surface area contributed by atoms with Crippen LogP contribution in [0.25, 0.3) is 10.9 Å². The van der Waals surface area contributed by atoms with Gasteiger partial charge in [-0.3, -0.25) is 4.79 Å². The molecule has 1 unspecified atom stereocenters. The topological polar surface area (TPSA) is 68.3 Å². The summed E-state index contributed by atoms with van der Waals surface area (Å²) in [6, 6.07) is 21.0. The number of carbonyl (C=O) groups is 2. The van der Waals surface area contributed by atoms with E-state index in [1.807, 2.05) is 55.5 Å². The monoisotopic (exact) mass is 362 g/mol. The highest BCUT2D eigenvalue weighted by atomic mass is 16.5. The molecule has 5 heteroatoms. The van der Waals surface area contributed by atoms with Gasteiger partial charge in [-0.2, -0.15) is 0 Å². The molecule has 0 aliphatic rings. The molecule has 0 radical (unpaired) electrons. The first kappa shape index (κ1) is 18.6. The van der Waals surface area contributed by atoms with Crippen molar-refractivity contribution >= 4 is 22.8 Å². The van der Waals surface area contributed by atoms with Gasteiger partial charge in [0.15, 0.2) is 6.61 Å². The Bertz CT molecular complexity index is 925. The fraction of sp³-hybridized carbons (Fsp3) is 0.227. The highest BCUT2D eigenvalue weighted by Gasteiger charge is 2.13. The number of nitrogens with zero attached hydrogens (tertiary/aromatic N) is 1. The largest absolute Gasteiger partial charge is 0.451 e. The number of fused-ring (bicyclic) bond motifs is 1. The van der Waals surface area contributed by atoms with Gasteiger partial charge in [0.05, 0.1) is 5.52 Å². The zero-order chi connectivity index (χ0) is 19.1. The lowest BCUT2D eigenvalue weighted by Gasteiger charge is -2.14. The molecule has 0 bridgehead atoms. The quantitative estimate of drug-likeness (QED) is 0.653. The van der Waals surface area contributed by atoms with Crippen LogP contribution in [-0.2, 0) is 16.0 Å². The predicted molar refractivity (Wildman–Crippen MR) is 104 cm³/mol. The number of aromatic nitrogens is 1. The zero-order valence-corrected chi connectivity index (χ0v) is 15.2. The van der Waals surface area contributed by atoms with Crippen LogP contribution in [0, 0.1) is 0 Å². The minimum Gasteiger partial charge on any atom is -0.451 e. The maximum Gasteiger partial charge on any atom is 0.357 e. The fourth-order valence-electron chi connectivity index (χ4n) is 2.80. The molecule has 0 aliphatic heterocycles. The van der Waals surface area contributed by atoms with Crippen molar-refractivity contribution in [3.63, 3.8) is 0 Å². The summed E-state index contributed by atoms with van der Waals surface area (Å²) in [5, 5.41) is 3.79. The second-order valence-corrected chi connectivity index (χ2v) is 6.46. The molecule has 0 spiro atoms. The molecule has 27 heavy (non-hydrogen) atoms. The number of aryl methyl sites for hydroxylation is 1. The molecule has 0 aliphatic carbocycles. The lowest BCUT2D eigenvalue weighted by Crippen LogP contribution is -2.36. The molecule has 0 fully saturated rings. The van der Waals surface area contributed by atoms with Crippen molar-refractivity contribution in [3.8, 4) is 0 Å². The number of para-hydroxylation sites is 1. The third-order valence-electron chi connectivity index (χ3n) is 4.26. The van der Waals surface area contributed by atoms with E-state index in [0.717, 1.165) is 18.2 Å². The third kappa shape index (κ3) is 5.38. The lowest BCUT2D eigenvalue weighted by atomic mass is 10.1. The third-order valence-corrected chi connectivity index (χ3v) is 4.26. The van der Waals surface area contributed by atoms with Gasteiger partial charge in [-0.1, -0.05) is 54.6 Å². The molecule has 1 heterocycles. The van der Waals surface area contributed by atoms with Crippen LogP contribution in [0.2, 0.25) is 0 Å². The molecule has 1 amide bonds. The van der Waals surface area contributed by atoms with Crippen molar-refractivity contribution in [3.05, 3.63) is 78.0 Å². The first-order valence-corrected chi connectivity index (χ1v) is 8.98. The van der Waals surface area contributed by atoms with Crippen LogP contribution in [0.4, 0.5) is 0 Å². The fourth-order valence-corrected chi connectivity index (χ4v) is 2.80. The maximum absolute atomic E-state index is 12.1. The molecule has 2 aromatic carbocycles. The van der Waals surface area contributed by atoms with Crippen LogP contribution < -0.4 is 5.32 Å². The van der Waals surface area contributed by atoms with Gasteiger partial charge in [0, 0.05) is 11.4 Å². The molecule has 5 nitrogen and oxygen atoms in total. The number of rotatable bonds is 7. The molecule has 3 rings (SSSR count). The van der Waals surface area contributed by atoms with E-state index in [1.54, 1.807) is 6.07 Å². The van der Waals surface area contributed by atoms with Crippen LogP contribution in [0.5, 0.6) is 0 Å². The summed E-state index contributed by atoms with van der Waals surface area (Å²) in [6.07, 6.45) is 1.69. The molecule has 0 saturated heterocycles. The van der Waals surface area contributed by atoms with Gasteiger partial charge in [-0.15, -0.1) is 0 Å². The van der Waals surface area contributed by atoms with Crippen LogP contribution in [-0.4, -0.2) is 29.5 Å². The maximum atomic E-state index is 12.1. The summed E-state index contributed by atoms with van der Waals surface area (Å²) >= 11 is 0. The molecule has 1 aromatic heterocycles. The average molecular weight is 362 g/mol. The van der Waals surface area contributed by atoms with Gasteiger partial charge in [-0.05, 0) is 37.5 Å². The van der Waals surface area contributed by atoms with Crippen LogP contribution in [0.3, 0.4) is 0 Å². The van der Waals surface area contributed by atoms with Crippen LogP contribution in [0.15, 0.2) is 66.7 Å². The van der Waals surface area contributed by atoms with E-state index >= 15 is 0 Å². The number of hydrogen-bond acceptors (Lipinski definition) is 4. The molecular formula is C22H22N2O3. The number of carbonyl (C=O) groups excluding carboxylic acids is 2. The number of esters is 1. The summed E-state index contributed by atoms with van der Waals surface area (Å²) in [5.41, 5.74) is 2.14. The molecule has 0 saturated carbocycles. The van der Waals surface area contributed by atoms with Crippen molar-refractivity contribution in [1.82, 2.24) is 10.3 Å². The lowest BCUT2D eigenvalue weighted by molar-refractivity contribution is -0.124. The molecule has 1 N–H and O–H groups in total. The smallest absolute Gasteiger partial charge is 0.357 e. The van der Waals surface area contributed by atoms with E-state index in [0.29, 0.717) is 5.52 Å². The highest BCUT2D eigenvalue weighted by molar-refractivity contribution is 5.92. The van der Waals surface area contributed by atoms with E-state index < -0.39 is 5.97 Å². The Balaban J connectivity index is 1.45. The van der Waals surface area contributed by atoms with Crippen LogP contribution in [0.1, 0.15) is 29.4 Å². The van der Waals surface area contributed by atoms with E-state index in [1.165, 1.54) is 5.56 Å². The average Bonchev–Trinajstić information content (AvgIpc) is 2.71. The summed E-state index contributed by atoms with van der Waals surface area (Å²) < 4.78 is 5.09. The van der Waals surface area contributed by atoms with E-state index in [4.69, 9.17) is 4.74 Å². The number of pyridine rings is 1. The van der Waals surface area contributed by atoms with Crippen molar-refractivity contribution < 1.29 is 14.3 Å². The SMILES string of the molecule is CC(CCc1ccccc1)NC(=O)COC(=O)c1ccc2ccccc2n1. The minimum atomic E-state index is -0.604. The Morgan fingerprint density at radius 2 is 1.74 bits per heavy atom. The number of benzene rings is 2. The second kappa shape index (κ2) is 8.94. The second-order valence-electron chi connectivity index (χ2n) is 6.46. The Morgan fingerprint density at radius 1 is 1.00 bits per heavy atom. The van der Waals surface area contributed by atoms with Crippen molar-refractivity contribution in [2.24, 2.45) is 0 Å². The van der Waals surface area contributed by atoms with Crippen LogP contribution >= 0.6 is 0 Å². The Hall–Kier alpha value is -3.21. The van der Waals surface area contributed by atoms with Gasteiger partial charge in [0.2, 0.25) is 0 Å². The Labute approximate surface area is 158 Å². The van der Waals surface area contributed by atoms with E-state index in [9.17, 15) is 9.59 Å². The van der Waals surface area contributed by atoms with Gasteiger partial charge in [0.25, 0.3) is 5.91 Å². The number of nitrogens with one attached hydrogen (secondary N) is 1. The van der Waals surface area contributed by atoms with Gasteiger partial charge >= 0.3 is 5.97 Å². The first-order chi connectivity index (χ1) is 13.1. The number of amides is 1. The van der Waals surface area contributed by atoms with Gasteiger partial charge < -0.3 is 10.1 Å². The predicted octanol–water partition coefficient (Wildman–Crippen LogP) is 3.53. The van der Waals surface area contributed by atoms with E-state index in [2.05, 4.69) is 22.4 Å². The molecule has 138 valence electrons. The van der Waals surface area contributed by atoms with Gasteiger partial charge in [-0.25, -0.2) is 9.78 Å². The highest BCUT2D eigenvalue weighted by Crippen LogP contribution is 2.12. The van der Waals surface area contributed by atoms with Crippen molar-refractivity contribution in [2.75, 3.05) is 6.61 Å². The molecule has 3 aromatic rings. The normalized spacial score (nSPS) is 11.7. The molecule has 1 atom stereocenters. The summed E-state index contributed by atoms with van der Waals surface area (Å²) in [6.45, 7) is 1.62. The van der Waals surface area contributed by atoms with E-state index in [-0.39, 0.29) is 24.2 Å². The molecular weight excluding hydrogens is 340 g/mol. The Morgan fingerprint density at radius 3 is 2.56 bits per heavy atom. The van der Waals surface area contributed by atoms with Crippen molar-refractivity contribution in [1.29, 1.82) is 0 Å². The standard InChI is InChI=1S/C22H22N2O3/c1-16(11-12-17-7-3-2-4-8-17)23-21(25)15-27-22(26)20-14-13-18-9-5-6-10-19(18)24-20/h2-10,13-14,16H,11-12,15H2,1H3,(H,23,25). The minimum absolute atomic E-state index is 0.00444. The first-order valence-electron chi connectivity index (χ1n) is 8.98. The Kier molecular flexibility index (Phi) is 6.15. The number of ether oxygens (including phenoxy) is 1. The van der Waals surface area contributed by atoms with Gasteiger partial charge in [0.1, 0.15) is 5.69 Å². The zero-order valence-electron chi connectivity index (χ0n) is 15.2. The summed E-state index contributed by atoms with van der Waals surface area (Å²) in [5.74, 6) is -0.919.